The molecule has 0 unspecified atom stereocenters. The van der Waals surface area contributed by atoms with Crippen molar-refractivity contribution in [3.63, 3.8) is 0 Å². The number of pyridine rings is 1. The highest BCUT2D eigenvalue weighted by molar-refractivity contribution is 14.1. The molecule has 1 rings (SSSR count). The topological polar surface area (TPSA) is 3.88 Å². The predicted octanol–water partition coefficient (Wildman–Crippen LogP) is 1.48. The van der Waals surface area contributed by atoms with Crippen molar-refractivity contribution in [3.05, 3.63) is 30.1 Å². The average molecular weight is 220 g/mol. The van der Waals surface area contributed by atoms with Gasteiger partial charge in [-0.05, 0) is 0 Å². The lowest BCUT2D eigenvalue weighted by Crippen LogP contribution is -2.21. The van der Waals surface area contributed by atoms with Gasteiger partial charge >= 0.3 is 22.9 Å². The molecule has 42 valence electrons. The smallest absolute Gasteiger partial charge is 0.141 e. The van der Waals surface area contributed by atoms with Gasteiger partial charge in [-0.2, -0.15) is 0 Å². The maximum Gasteiger partial charge on any atom is 0.354 e. The fourth-order valence-electron chi connectivity index (χ4n) is 0.509. The molecule has 0 aliphatic heterocycles. The zero-order valence-electron chi connectivity index (χ0n) is 4.63. The Bertz CT molecular complexity index is 165. The lowest BCUT2D eigenvalue weighted by molar-refractivity contribution is -0.448. The van der Waals surface area contributed by atoms with Crippen LogP contribution in [-0.4, -0.2) is 0 Å². The summed E-state index contributed by atoms with van der Waals surface area (Å²) in [4.78, 5) is 0. The van der Waals surface area contributed by atoms with Crippen LogP contribution < -0.4 is 2.78 Å². The minimum atomic E-state index is 1.27. The van der Waals surface area contributed by atoms with E-state index in [1.807, 2.05) is 18.3 Å². The molecular weight excluding hydrogens is 213 g/mol. The number of hydrogen-bond acceptors (Lipinski definition) is 0. The fourth-order valence-corrected chi connectivity index (χ4v) is 0.855. The lowest BCUT2D eigenvalue weighted by atomic mass is 10.4. The van der Waals surface area contributed by atoms with Crippen LogP contribution in [0.5, 0.6) is 0 Å². The first-order valence-electron chi connectivity index (χ1n) is 2.44. The summed E-state index contributed by atoms with van der Waals surface area (Å²) in [7, 11) is 0. The number of halogens is 1. The Hall–Kier alpha value is -0.120. The molecule has 0 fully saturated rings. The Morgan fingerprint density at radius 2 is 2.25 bits per heavy atom. The first-order valence-corrected chi connectivity index (χ1v) is 3.40. The summed E-state index contributed by atoms with van der Waals surface area (Å²) in [5.74, 6) is 0. The van der Waals surface area contributed by atoms with Gasteiger partial charge in [-0.15, -0.1) is 2.78 Å². The van der Waals surface area contributed by atoms with Gasteiger partial charge in [0, 0.05) is 19.1 Å². The van der Waals surface area contributed by atoms with Gasteiger partial charge in [0.15, 0.2) is 11.9 Å². The molecule has 0 saturated heterocycles. The maximum absolute atomic E-state index is 2.24. The lowest BCUT2D eigenvalue weighted by Gasteiger charge is -1.83. The van der Waals surface area contributed by atoms with Crippen molar-refractivity contribution >= 4 is 22.9 Å². The summed E-state index contributed by atoms with van der Waals surface area (Å²) < 4.78 is 2.05. The van der Waals surface area contributed by atoms with Gasteiger partial charge < -0.3 is 0 Å². The fraction of sp³-hybridized carbons (Fsp3) is 0.167. The van der Waals surface area contributed by atoms with Crippen LogP contribution in [0, 0.1) is 6.92 Å². The normalized spacial score (nSPS) is 9.25. The molecule has 0 spiro atoms. The van der Waals surface area contributed by atoms with Crippen LogP contribution in [0.15, 0.2) is 24.4 Å². The van der Waals surface area contributed by atoms with Crippen molar-refractivity contribution < 1.29 is 2.78 Å². The van der Waals surface area contributed by atoms with E-state index in [-0.39, 0.29) is 0 Å². The van der Waals surface area contributed by atoms with Gasteiger partial charge in [0.2, 0.25) is 0 Å². The molecule has 1 aromatic heterocycles. The second-order valence-electron chi connectivity index (χ2n) is 1.65. The van der Waals surface area contributed by atoms with Crippen molar-refractivity contribution in [2.75, 3.05) is 0 Å². The highest BCUT2D eigenvalue weighted by Crippen LogP contribution is 1.88. The van der Waals surface area contributed by atoms with E-state index in [0.29, 0.717) is 0 Å². The van der Waals surface area contributed by atoms with Crippen LogP contribution in [-0.2, 0) is 0 Å². The molecule has 1 heterocycles. The van der Waals surface area contributed by atoms with E-state index in [1.165, 1.54) is 5.69 Å². The van der Waals surface area contributed by atoms with E-state index < -0.39 is 0 Å². The third-order valence-corrected chi connectivity index (χ3v) is 2.09. The standard InChI is InChI=1S/C6H7IN/c1-6-4-2-3-5-8(6)7/h2-5H,1H3/q+1. The molecule has 1 nitrogen and oxygen atoms in total. The second-order valence-corrected chi connectivity index (χ2v) is 2.69. The molecular formula is C6H7IN+. The minimum absolute atomic E-state index is 1.27. The molecule has 1 aromatic rings. The summed E-state index contributed by atoms with van der Waals surface area (Å²) in [6.07, 6.45) is 2.02. The van der Waals surface area contributed by atoms with E-state index in [1.54, 1.807) is 0 Å². The van der Waals surface area contributed by atoms with Crippen LogP contribution in [0.1, 0.15) is 5.69 Å². The van der Waals surface area contributed by atoms with Gasteiger partial charge in [0.1, 0.15) is 0 Å². The highest BCUT2D eigenvalue weighted by Gasteiger charge is 1.95. The average Bonchev–Trinajstić information content (AvgIpc) is 1.77. The van der Waals surface area contributed by atoms with Crippen molar-refractivity contribution in [1.29, 1.82) is 0 Å². The Balaban J connectivity index is 3.13. The number of rotatable bonds is 0. The van der Waals surface area contributed by atoms with Crippen LogP contribution in [0.4, 0.5) is 0 Å². The Morgan fingerprint density at radius 1 is 1.50 bits per heavy atom. The van der Waals surface area contributed by atoms with Crippen molar-refractivity contribution in [1.82, 2.24) is 0 Å². The van der Waals surface area contributed by atoms with E-state index in [0.717, 1.165) is 0 Å². The minimum Gasteiger partial charge on any atom is -0.141 e. The summed E-state index contributed by atoms with van der Waals surface area (Å²) >= 11 is 2.24. The van der Waals surface area contributed by atoms with Crippen LogP contribution >= 0.6 is 22.9 Å². The summed E-state index contributed by atoms with van der Waals surface area (Å²) in [5, 5.41) is 0. The van der Waals surface area contributed by atoms with Gasteiger partial charge in [-0.25, -0.2) is 0 Å². The monoisotopic (exact) mass is 220 g/mol. The van der Waals surface area contributed by atoms with E-state index in [9.17, 15) is 0 Å². The third kappa shape index (κ3) is 1.18. The van der Waals surface area contributed by atoms with Gasteiger partial charge in [-0.1, -0.05) is 6.07 Å². The zero-order valence-corrected chi connectivity index (χ0v) is 6.79. The number of nitrogens with zero attached hydrogens (tertiary/aromatic N) is 1. The largest absolute Gasteiger partial charge is 0.354 e. The van der Waals surface area contributed by atoms with Crippen molar-refractivity contribution in [2.24, 2.45) is 0 Å². The molecule has 0 atom stereocenters. The second kappa shape index (κ2) is 2.44. The van der Waals surface area contributed by atoms with E-state index in [2.05, 4.69) is 38.6 Å². The molecule has 0 aromatic carbocycles. The Kier molecular flexibility index (Phi) is 1.83. The van der Waals surface area contributed by atoms with Crippen LogP contribution in [0.2, 0.25) is 0 Å². The summed E-state index contributed by atoms with van der Waals surface area (Å²) in [6, 6.07) is 6.12. The maximum atomic E-state index is 2.24. The Labute approximate surface area is 62.8 Å². The molecule has 2 heteroatoms. The van der Waals surface area contributed by atoms with Crippen LogP contribution in [0.25, 0.3) is 0 Å². The predicted molar refractivity (Wildman–Crippen MR) is 40.8 cm³/mol. The summed E-state index contributed by atoms with van der Waals surface area (Å²) in [6.45, 7) is 2.08. The highest BCUT2D eigenvalue weighted by atomic mass is 127. The SMILES string of the molecule is Cc1cccc[n+]1I. The third-order valence-electron chi connectivity index (χ3n) is 1.00. The molecule has 0 amide bonds. The van der Waals surface area contributed by atoms with Gasteiger partial charge in [0.05, 0.1) is 0 Å². The molecule has 0 radical (unpaired) electrons. The quantitative estimate of drug-likeness (QED) is 0.583. The first kappa shape index (κ1) is 6.01. The number of aromatic nitrogens is 1. The van der Waals surface area contributed by atoms with Crippen LogP contribution in [0.3, 0.4) is 0 Å². The van der Waals surface area contributed by atoms with Gasteiger partial charge in [0.25, 0.3) is 0 Å². The van der Waals surface area contributed by atoms with Crippen molar-refractivity contribution in [3.8, 4) is 0 Å². The van der Waals surface area contributed by atoms with E-state index in [4.69, 9.17) is 0 Å². The summed E-state index contributed by atoms with van der Waals surface area (Å²) in [5.41, 5.74) is 1.27. The zero-order chi connectivity index (χ0) is 5.98. The molecule has 0 bridgehead atoms. The molecule has 0 saturated carbocycles. The van der Waals surface area contributed by atoms with E-state index >= 15 is 0 Å². The first-order chi connectivity index (χ1) is 3.80. The Morgan fingerprint density at radius 3 is 2.62 bits per heavy atom. The molecule has 0 aliphatic rings. The molecule has 0 N–H and O–H groups in total. The van der Waals surface area contributed by atoms with Gasteiger partial charge in [-0.3, -0.25) is 0 Å². The number of aryl methyl sites for hydroxylation is 1. The van der Waals surface area contributed by atoms with Crippen molar-refractivity contribution in [2.45, 2.75) is 6.92 Å². The number of hydrogen-bond donors (Lipinski definition) is 0. The molecule has 8 heavy (non-hydrogen) atoms. The molecule has 0 aliphatic carbocycles.